The quantitative estimate of drug-likeness (QED) is 0.550. The molecule has 1 aromatic rings. The minimum atomic E-state index is -1.48. The van der Waals surface area contributed by atoms with Gasteiger partial charge in [0.15, 0.2) is 6.04 Å². The van der Waals surface area contributed by atoms with Gasteiger partial charge in [-0.05, 0) is 6.92 Å². The van der Waals surface area contributed by atoms with Gasteiger partial charge in [-0.15, -0.1) is 0 Å². The Morgan fingerprint density at radius 3 is 2.30 bits per heavy atom. The van der Waals surface area contributed by atoms with Gasteiger partial charge in [-0.1, -0.05) is 0 Å². The summed E-state index contributed by atoms with van der Waals surface area (Å²) in [5.41, 5.74) is -1.87. The van der Waals surface area contributed by atoms with E-state index in [1.165, 1.54) is 21.0 Å². The van der Waals surface area contributed by atoms with Crippen molar-refractivity contribution in [1.29, 1.82) is 0 Å². The van der Waals surface area contributed by atoms with Crippen LogP contribution in [0.5, 0.6) is 5.88 Å². The van der Waals surface area contributed by atoms with Crippen LogP contribution in [0.1, 0.15) is 12.5 Å². The molecule has 0 aliphatic rings. The van der Waals surface area contributed by atoms with Crippen LogP contribution in [-0.2, 0) is 18.9 Å². The number of rotatable bonds is 4. The van der Waals surface area contributed by atoms with Gasteiger partial charge in [0.1, 0.15) is 5.56 Å². The Balaban J connectivity index is 3.40. The second-order valence-electron chi connectivity index (χ2n) is 4.24. The summed E-state index contributed by atoms with van der Waals surface area (Å²) in [6.07, 6.45) is -0.440. The summed E-state index contributed by atoms with van der Waals surface area (Å²) in [7, 11) is 2.46. The second-order valence-corrected chi connectivity index (χ2v) is 4.24. The molecule has 110 valence electrons. The lowest BCUT2D eigenvalue weighted by Crippen LogP contribution is -2.39. The molecule has 0 saturated carbocycles. The van der Waals surface area contributed by atoms with E-state index in [0.717, 1.165) is 15.3 Å². The summed E-state index contributed by atoms with van der Waals surface area (Å²) in [6, 6.07) is -1.48. The van der Waals surface area contributed by atoms with E-state index in [9.17, 15) is 24.6 Å². The number of nitrogens with zero attached hydrogens (tertiary/aromatic N) is 3. The normalized spacial score (nSPS) is 14.4. The van der Waals surface area contributed by atoms with Crippen LogP contribution in [0.15, 0.2) is 14.6 Å². The van der Waals surface area contributed by atoms with Crippen LogP contribution in [0.4, 0.5) is 0 Å². The molecule has 3 N–H and O–H groups in total. The van der Waals surface area contributed by atoms with Crippen LogP contribution >= 0.6 is 0 Å². The Morgan fingerprint density at radius 1 is 1.30 bits per heavy atom. The number of aliphatic hydroxyl groups excluding tert-OH is 1. The molecule has 0 spiro atoms. The van der Waals surface area contributed by atoms with Crippen LogP contribution in [0.3, 0.4) is 0 Å². The van der Waals surface area contributed by atoms with Gasteiger partial charge in [-0.3, -0.25) is 18.9 Å². The highest BCUT2D eigenvalue weighted by Gasteiger charge is 2.22. The fourth-order valence-corrected chi connectivity index (χ4v) is 1.52. The SMILES string of the molecule is C[C@@H](O)[C@H](N=Cc1c(O)n(C)c(=O)n(C)c1=O)C(=O)O. The Kier molecular flexibility index (Phi) is 4.45. The highest BCUT2D eigenvalue weighted by molar-refractivity contribution is 5.85. The molecule has 0 fully saturated rings. The van der Waals surface area contributed by atoms with Gasteiger partial charge in [0.2, 0.25) is 5.88 Å². The standard InChI is InChI=1S/C11H15N3O6/c1-5(15)7(10(18)19)12-4-6-8(16)13(2)11(20)14(3)9(6)17/h4-5,7,15-16H,1-3H3,(H,18,19)/t5-,7+/m1/s1. The van der Waals surface area contributed by atoms with Crippen molar-refractivity contribution in [1.82, 2.24) is 9.13 Å². The molecule has 0 aliphatic carbocycles. The third-order valence-corrected chi connectivity index (χ3v) is 2.74. The average molecular weight is 285 g/mol. The van der Waals surface area contributed by atoms with Gasteiger partial charge in [0, 0.05) is 20.3 Å². The van der Waals surface area contributed by atoms with E-state index < -0.39 is 35.2 Å². The Labute approximate surface area is 113 Å². The summed E-state index contributed by atoms with van der Waals surface area (Å²) in [5.74, 6) is -2.01. The molecule has 0 unspecified atom stereocenters. The maximum absolute atomic E-state index is 11.8. The number of aliphatic imine (C=N–C) groups is 1. The molecule has 0 bridgehead atoms. The third kappa shape index (κ3) is 2.77. The molecule has 9 heteroatoms. The zero-order valence-electron chi connectivity index (χ0n) is 11.1. The molecule has 1 rings (SSSR count). The van der Waals surface area contributed by atoms with Crippen LogP contribution in [0.2, 0.25) is 0 Å². The number of hydrogen-bond acceptors (Lipinski definition) is 6. The van der Waals surface area contributed by atoms with Crippen LogP contribution < -0.4 is 11.2 Å². The van der Waals surface area contributed by atoms with Crippen molar-refractivity contribution < 1.29 is 20.1 Å². The van der Waals surface area contributed by atoms with Gasteiger partial charge in [0.25, 0.3) is 5.56 Å². The first-order valence-corrected chi connectivity index (χ1v) is 5.61. The topological polar surface area (TPSA) is 134 Å². The van der Waals surface area contributed by atoms with E-state index >= 15 is 0 Å². The van der Waals surface area contributed by atoms with Crippen molar-refractivity contribution >= 4 is 12.2 Å². The average Bonchev–Trinajstić information content (AvgIpc) is 2.37. The first-order valence-electron chi connectivity index (χ1n) is 5.61. The predicted molar refractivity (Wildman–Crippen MR) is 69.3 cm³/mol. The van der Waals surface area contributed by atoms with E-state index in [0.29, 0.717) is 0 Å². The number of aliphatic carboxylic acids is 1. The summed E-state index contributed by atoms with van der Waals surface area (Å²) < 4.78 is 1.57. The van der Waals surface area contributed by atoms with Crippen LogP contribution in [-0.4, -0.2) is 48.8 Å². The van der Waals surface area contributed by atoms with Gasteiger partial charge in [-0.25, -0.2) is 9.59 Å². The van der Waals surface area contributed by atoms with Crippen LogP contribution in [0.25, 0.3) is 0 Å². The first kappa shape index (κ1) is 15.6. The molecule has 9 nitrogen and oxygen atoms in total. The van der Waals surface area contributed by atoms with Crippen molar-refractivity contribution in [2.45, 2.75) is 19.1 Å². The number of hydrogen-bond donors (Lipinski definition) is 3. The van der Waals surface area contributed by atoms with Crippen LogP contribution in [0, 0.1) is 0 Å². The Morgan fingerprint density at radius 2 is 1.85 bits per heavy atom. The molecule has 2 atom stereocenters. The monoisotopic (exact) mass is 285 g/mol. The van der Waals surface area contributed by atoms with Gasteiger partial charge in [0.05, 0.1) is 6.10 Å². The number of aromatic hydroxyl groups is 1. The van der Waals surface area contributed by atoms with Crippen molar-refractivity contribution in [3.05, 3.63) is 26.4 Å². The minimum Gasteiger partial charge on any atom is -0.494 e. The second kappa shape index (κ2) is 5.70. The van der Waals surface area contributed by atoms with Gasteiger partial charge >= 0.3 is 11.7 Å². The summed E-state index contributed by atoms with van der Waals surface area (Å²) >= 11 is 0. The summed E-state index contributed by atoms with van der Waals surface area (Å²) in [4.78, 5) is 37.7. The zero-order valence-corrected chi connectivity index (χ0v) is 11.1. The molecule has 0 radical (unpaired) electrons. The molecule has 0 aliphatic heterocycles. The molecule has 1 aromatic heterocycles. The lowest BCUT2D eigenvalue weighted by atomic mass is 10.2. The third-order valence-electron chi connectivity index (χ3n) is 2.74. The zero-order chi connectivity index (χ0) is 15.6. The molecule has 0 saturated heterocycles. The largest absolute Gasteiger partial charge is 0.494 e. The fraction of sp³-hybridized carbons (Fsp3) is 0.455. The number of carboxylic acid groups (broad SMARTS) is 1. The molecule has 1 heterocycles. The Hall–Kier alpha value is -2.42. The van der Waals surface area contributed by atoms with Crippen molar-refractivity contribution in [2.75, 3.05) is 0 Å². The van der Waals surface area contributed by atoms with Gasteiger partial charge in [-0.2, -0.15) is 0 Å². The Bertz CT molecular complexity index is 670. The maximum Gasteiger partial charge on any atom is 0.333 e. The molecule has 0 aromatic carbocycles. The number of aliphatic hydroxyl groups is 1. The van der Waals surface area contributed by atoms with E-state index in [2.05, 4.69) is 4.99 Å². The smallest absolute Gasteiger partial charge is 0.333 e. The lowest BCUT2D eigenvalue weighted by molar-refractivity contribution is -0.140. The maximum atomic E-state index is 11.8. The highest BCUT2D eigenvalue weighted by atomic mass is 16.4. The number of carbonyl (C=O) groups is 1. The molecular formula is C11H15N3O6. The molecular weight excluding hydrogens is 270 g/mol. The van der Waals surface area contributed by atoms with E-state index in [1.807, 2.05) is 0 Å². The summed E-state index contributed by atoms with van der Waals surface area (Å²) in [6.45, 7) is 1.23. The van der Waals surface area contributed by atoms with Crippen molar-refractivity contribution in [3.63, 3.8) is 0 Å². The minimum absolute atomic E-state index is 0.332. The highest BCUT2D eigenvalue weighted by Crippen LogP contribution is 2.07. The predicted octanol–water partition coefficient (Wildman–Crippen LogP) is -1.96. The summed E-state index contributed by atoms with van der Waals surface area (Å²) in [5, 5.41) is 27.8. The fourth-order valence-electron chi connectivity index (χ4n) is 1.52. The number of carboxylic acids is 1. The molecule has 20 heavy (non-hydrogen) atoms. The van der Waals surface area contributed by atoms with Crippen molar-refractivity contribution in [3.8, 4) is 5.88 Å². The van der Waals surface area contributed by atoms with Gasteiger partial charge < -0.3 is 15.3 Å². The lowest BCUT2D eigenvalue weighted by Gasteiger charge is -2.11. The molecule has 0 amide bonds. The number of aromatic nitrogens is 2. The van der Waals surface area contributed by atoms with E-state index in [1.54, 1.807) is 0 Å². The van der Waals surface area contributed by atoms with E-state index in [4.69, 9.17) is 5.11 Å². The first-order chi connectivity index (χ1) is 9.18. The van der Waals surface area contributed by atoms with E-state index in [-0.39, 0.29) is 5.56 Å². The van der Waals surface area contributed by atoms with Crippen molar-refractivity contribution in [2.24, 2.45) is 19.1 Å².